The van der Waals surface area contributed by atoms with Gasteiger partial charge in [0.25, 0.3) is 5.91 Å². The predicted molar refractivity (Wildman–Crippen MR) is 95.5 cm³/mol. The second-order valence-corrected chi connectivity index (χ2v) is 8.97. The second-order valence-electron chi connectivity index (χ2n) is 7.96. The highest BCUT2D eigenvalue weighted by Gasteiger charge is 2.61. The second kappa shape index (κ2) is 5.95. The van der Waals surface area contributed by atoms with Gasteiger partial charge in [-0.25, -0.2) is 0 Å². The van der Waals surface area contributed by atoms with Crippen LogP contribution in [0.4, 0.5) is 0 Å². The number of aromatic nitrogens is 1. The zero-order chi connectivity index (χ0) is 16.9. The molecule has 1 aromatic heterocycles. The van der Waals surface area contributed by atoms with Gasteiger partial charge in [-0.1, -0.05) is 17.9 Å². The number of rotatable bonds is 5. The Kier molecular flexibility index (Phi) is 4.04. The normalized spacial score (nSPS) is 34.2. The van der Waals surface area contributed by atoms with E-state index in [0.717, 1.165) is 39.9 Å². The van der Waals surface area contributed by atoms with Crippen molar-refractivity contribution in [2.24, 2.45) is 28.2 Å². The predicted octanol–water partition coefficient (Wildman–Crippen LogP) is 3.48. The first-order chi connectivity index (χ1) is 11.5. The number of methoxy groups -OCH3 is 1. The van der Waals surface area contributed by atoms with E-state index in [2.05, 4.69) is 11.6 Å². The Balaban J connectivity index is 1.67. The summed E-state index contributed by atoms with van der Waals surface area (Å²) in [5.41, 5.74) is 0.874. The van der Waals surface area contributed by atoms with Gasteiger partial charge in [0.05, 0.1) is 12.0 Å². The lowest BCUT2D eigenvalue weighted by Crippen LogP contribution is -2.33. The van der Waals surface area contributed by atoms with Crippen molar-refractivity contribution in [1.82, 2.24) is 4.57 Å². The van der Waals surface area contributed by atoms with Crippen LogP contribution in [0.2, 0.25) is 0 Å². The summed E-state index contributed by atoms with van der Waals surface area (Å²) in [4.78, 5) is 19.7. The molecule has 0 aliphatic heterocycles. The third kappa shape index (κ3) is 2.53. The number of thiazole rings is 1. The van der Waals surface area contributed by atoms with E-state index in [9.17, 15) is 4.79 Å². The number of hydrogen-bond donors (Lipinski definition) is 0. The monoisotopic (exact) mass is 346 g/mol. The van der Waals surface area contributed by atoms with Crippen LogP contribution in [0, 0.1) is 23.2 Å². The molecule has 0 N–H and O–H groups in total. The fourth-order valence-corrected chi connectivity index (χ4v) is 6.30. The minimum atomic E-state index is -0.139. The Morgan fingerprint density at radius 2 is 2.12 bits per heavy atom. The first-order valence-corrected chi connectivity index (χ1v) is 9.78. The molecule has 0 saturated heterocycles. The maximum atomic E-state index is 13.2. The molecule has 130 valence electrons. The summed E-state index contributed by atoms with van der Waals surface area (Å²) in [7, 11) is 1.70. The lowest BCUT2D eigenvalue weighted by molar-refractivity contribution is -0.129. The van der Waals surface area contributed by atoms with Crippen molar-refractivity contribution in [3.05, 3.63) is 22.5 Å². The van der Waals surface area contributed by atoms with Crippen molar-refractivity contribution in [3.8, 4) is 0 Å². The van der Waals surface area contributed by atoms with E-state index in [-0.39, 0.29) is 11.3 Å². The van der Waals surface area contributed by atoms with Crippen molar-refractivity contribution < 1.29 is 9.53 Å². The minimum Gasteiger partial charge on any atom is -0.383 e. The van der Waals surface area contributed by atoms with Crippen molar-refractivity contribution in [1.29, 1.82) is 0 Å². The van der Waals surface area contributed by atoms with Crippen molar-refractivity contribution in [2.75, 3.05) is 13.7 Å². The molecule has 24 heavy (non-hydrogen) atoms. The fourth-order valence-electron chi connectivity index (χ4n) is 5.36. The molecular formula is C19H26N2O2S. The summed E-state index contributed by atoms with van der Waals surface area (Å²) in [6, 6.07) is 0. The van der Waals surface area contributed by atoms with E-state index < -0.39 is 0 Å². The lowest BCUT2D eigenvalue weighted by Gasteiger charge is -2.29. The van der Waals surface area contributed by atoms with Crippen LogP contribution in [0.25, 0.3) is 5.57 Å². The van der Waals surface area contributed by atoms with Crippen molar-refractivity contribution in [3.63, 3.8) is 0 Å². The van der Waals surface area contributed by atoms with Gasteiger partial charge in [0.15, 0.2) is 4.80 Å². The molecule has 4 bridgehead atoms. The van der Waals surface area contributed by atoms with Gasteiger partial charge in [-0.15, -0.1) is 0 Å². The first kappa shape index (κ1) is 16.3. The van der Waals surface area contributed by atoms with Crippen molar-refractivity contribution >= 4 is 22.8 Å². The summed E-state index contributed by atoms with van der Waals surface area (Å²) < 4.78 is 7.25. The van der Waals surface area contributed by atoms with E-state index in [0.29, 0.717) is 19.1 Å². The highest BCUT2D eigenvalue weighted by molar-refractivity contribution is 7.10. The molecule has 2 unspecified atom stereocenters. The molecule has 0 spiro atoms. The van der Waals surface area contributed by atoms with Gasteiger partial charge >= 0.3 is 0 Å². The fraction of sp³-hybridized carbons (Fsp3) is 0.684. The smallest absolute Gasteiger partial charge is 0.254 e. The van der Waals surface area contributed by atoms with Crippen molar-refractivity contribution in [2.45, 2.75) is 45.6 Å². The topological polar surface area (TPSA) is 43.6 Å². The largest absolute Gasteiger partial charge is 0.383 e. The first-order valence-electron chi connectivity index (χ1n) is 8.96. The molecule has 0 aromatic carbocycles. The van der Waals surface area contributed by atoms with Crippen LogP contribution in [0.3, 0.4) is 0 Å². The third-order valence-corrected chi connectivity index (χ3v) is 7.47. The van der Waals surface area contributed by atoms with Gasteiger partial charge in [0, 0.05) is 24.7 Å². The van der Waals surface area contributed by atoms with Crippen LogP contribution in [0.1, 0.15) is 43.9 Å². The van der Waals surface area contributed by atoms with E-state index in [4.69, 9.17) is 4.74 Å². The molecule has 2 atom stereocenters. The van der Waals surface area contributed by atoms with Crippen LogP contribution >= 0.6 is 11.3 Å². The van der Waals surface area contributed by atoms with E-state index >= 15 is 0 Å². The Labute approximate surface area is 147 Å². The van der Waals surface area contributed by atoms with Crippen LogP contribution in [0.5, 0.6) is 0 Å². The molecule has 1 aromatic rings. The van der Waals surface area contributed by atoms with Gasteiger partial charge in [-0.2, -0.15) is 4.99 Å². The standard InChI is InChI=1S/C19H26N2O2S/c1-12(2)16-11-21(4-5-23-3)18(24-16)20-17(22)19-9-13-6-14(10-19)8-15(19)7-13/h11,13-15H,1,4-10H2,2-3H3. The van der Waals surface area contributed by atoms with Gasteiger partial charge in [0.2, 0.25) is 0 Å². The Morgan fingerprint density at radius 1 is 1.42 bits per heavy atom. The molecule has 1 heterocycles. The average molecular weight is 346 g/mol. The molecular weight excluding hydrogens is 320 g/mol. The van der Waals surface area contributed by atoms with Gasteiger partial charge in [-0.3, -0.25) is 4.79 Å². The summed E-state index contributed by atoms with van der Waals surface area (Å²) in [6.07, 6.45) is 8.05. The Bertz CT molecular complexity index is 731. The quantitative estimate of drug-likeness (QED) is 0.819. The molecule has 4 aliphatic carbocycles. The molecule has 1 amide bonds. The molecule has 4 nitrogen and oxygen atoms in total. The van der Waals surface area contributed by atoms with Crippen LogP contribution in [0.15, 0.2) is 17.8 Å². The number of hydrogen-bond acceptors (Lipinski definition) is 3. The van der Waals surface area contributed by atoms with Crippen LogP contribution in [-0.2, 0) is 16.1 Å². The minimum absolute atomic E-state index is 0.137. The maximum absolute atomic E-state index is 13.2. The summed E-state index contributed by atoms with van der Waals surface area (Å²) in [5, 5.41) is 0. The zero-order valence-corrected chi connectivity index (χ0v) is 15.4. The molecule has 4 fully saturated rings. The highest BCUT2D eigenvalue weighted by atomic mass is 32.1. The average Bonchev–Trinajstić information content (AvgIpc) is 3.13. The molecule has 0 radical (unpaired) electrons. The number of allylic oxidation sites excluding steroid dienone is 1. The Hall–Kier alpha value is -1.20. The SMILES string of the molecule is C=C(C)c1cn(CCOC)c(=NC(=O)C23CC4CC(CC2C4)C3)s1. The van der Waals surface area contributed by atoms with Gasteiger partial charge in [0.1, 0.15) is 0 Å². The summed E-state index contributed by atoms with van der Waals surface area (Å²) >= 11 is 1.57. The molecule has 5 rings (SSSR count). The number of nitrogens with zero attached hydrogens (tertiary/aromatic N) is 2. The summed E-state index contributed by atoms with van der Waals surface area (Å²) in [5.74, 6) is 2.28. The van der Waals surface area contributed by atoms with Crippen LogP contribution < -0.4 is 4.80 Å². The number of amides is 1. The van der Waals surface area contributed by atoms with Gasteiger partial charge in [-0.05, 0) is 62.4 Å². The highest BCUT2D eigenvalue weighted by Crippen LogP contribution is 2.65. The van der Waals surface area contributed by atoms with E-state index in [1.807, 2.05) is 17.7 Å². The van der Waals surface area contributed by atoms with Crippen LogP contribution in [-0.4, -0.2) is 24.2 Å². The Morgan fingerprint density at radius 3 is 2.75 bits per heavy atom. The van der Waals surface area contributed by atoms with E-state index in [1.54, 1.807) is 18.4 Å². The van der Waals surface area contributed by atoms with Gasteiger partial charge < -0.3 is 9.30 Å². The molecule has 4 saturated carbocycles. The molecule has 4 aliphatic rings. The molecule has 5 heteroatoms. The summed E-state index contributed by atoms with van der Waals surface area (Å²) in [6.45, 7) is 7.35. The third-order valence-electron chi connectivity index (χ3n) is 6.29. The lowest BCUT2D eigenvalue weighted by atomic mass is 9.75. The maximum Gasteiger partial charge on any atom is 0.254 e. The zero-order valence-electron chi connectivity index (χ0n) is 14.6. The number of carbonyl (C=O) groups is 1. The number of carbonyl (C=O) groups excluding carboxylic acids is 1. The van der Waals surface area contributed by atoms with E-state index in [1.165, 1.54) is 19.3 Å². The number of ether oxygens (including phenoxy) is 1.